The van der Waals surface area contributed by atoms with E-state index in [1.165, 1.54) is 12.1 Å². The van der Waals surface area contributed by atoms with Crippen LogP contribution in [0.5, 0.6) is 0 Å². The van der Waals surface area contributed by atoms with Gasteiger partial charge in [-0.05, 0) is 30.9 Å². The maximum atomic E-state index is 12.2. The number of hydrogen-bond acceptors (Lipinski definition) is 5. The summed E-state index contributed by atoms with van der Waals surface area (Å²) in [6, 6.07) is 3.04. The minimum Gasteiger partial charge on any atom is -0.329 e. The van der Waals surface area contributed by atoms with Gasteiger partial charge >= 0.3 is 0 Å². The fraction of sp³-hybridized carbons (Fsp3) is 0.455. The Balaban J connectivity index is 2.29. The standard InChI is InChI=1S/C11H14ClN3O4S/c12-9-4-3-8(5-11(9)15(16)17)20(18,19)14-10(6-13)7-1-2-7/h3-5,7,10,14H,1-2,6,13H2. The van der Waals surface area contributed by atoms with E-state index in [-0.39, 0.29) is 28.4 Å². The lowest BCUT2D eigenvalue weighted by Gasteiger charge is -2.16. The van der Waals surface area contributed by atoms with Gasteiger partial charge in [-0.1, -0.05) is 11.6 Å². The van der Waals surface area contributed by atoms with Gasteiger partial charge in [0.15, 0.2) is 0 Å². The first kappa shape index (κ1) is 15.2. The molecule has 9 heteroatoms. The Bertz CT molecular complexity index is 631. The van der Waals surface area contributed by atoms with E-state index in [9.17, 15) is 18.5 Å². The van der Waals surface area contributed by atoms with E-state index in [0.717, 1.165) is 18.9 Å². The topological polar surface area (TPSA) is 115 Å². The molecule has 0 amide bonds. The van der Waals surface area contributed by atoms with Gasteiger partial charge in [-0.25, -0.2) is 13.1 Å². The first-order valence-electron chi connectivity index (χ1n) is 6.01. The molecule has 20 heavy (non-hydrogen) atoms. The van der Waals surface area contributed by atoms with E-state index < -0.39 is 20.6 Å². The lowest BCUT2D eigenvalue weighted by Crippen LogP contribution is -2.41. The van der Waals surface area contributed by atoms with Crippen molar-refractivity contribution in [3.05, 3.63) is 33.3 Å². The van der Waals surface area contributed by atoms with Crippen molar-refractivity contribution in [1.82, 2.24) is 4.72 Å². The lowest BCUT2D eigenvalue weighted by atomic mass is 10.2. The van der Waals surface area contributed by atoms with Crippen LogP contribution in [0.1, 0.15) is 12.8 Å². The van der Waals surface area contributed by atoms with E-state index in [1.807, 2.05) is 0 Å². The summed E-state index contributed by atoms with van der Waals surface area (Å²) < 4.78 is 26.9. The molecule has 0 aliphatic heterocycles. The average molecular weight is 320 g/mol. The van der Waals surface area contributed by atoms with Gasteiger partial charge in [0.25, 0.3) is 5.69 Å². The molecule has 1 atom stereocenters. The number of benzene rings is 1. The van der Waals surface area contributed by atoms with Crippen molar-refractivity contribution in [2.75, 3.05) is 6.54 Å². The Morgan fingerprint density at radius 1 is 1.50 bits per heavy atom. The molecule has 1 aliphatic rings. The lowest BCUT2D eigenvalue weighted by molar-refractivity contribution is -0.384. The van der Waals surface area contributed by atoms with Crippen LogP contribution in [-0.2, 0) is 10.0 Å². The predicted molar refractivity (Wildman–Crippen MR) is 74.0 cm³/mol. The second kappa shape index (κ2) is 5.65. The van der Waals surface area contributed by atoms with Gasteiger partial charge in [-0.15, -0.1) is 0 Å². The van der Waals surface area contributed by atoms with Crippen molar-refractivity contribution in [1.29, 1.82) is 0 Å². The third-order valence-corrected chi connectivity index (χ3v) is 4.98. The zero-order chi connectivity index (χ0) is 14.9. The molecule has 0 saturated heterocycles. The molecule has 0 bridgehead atoms. The highest BCUT2D eigenvalue weighted by Crippen LogP contribution is 2.33. The van der Waals surface area contributed by atoms with Gasteiger partial charge in [0.2, 0.25) is 10.0 Å². The summed E-state index contributed by atoms with van der Waals surface area (Å²) in [5.74, 6) is 0.247. The number of sulfonamides is 1. The predicted octanol–water partition coefficient (Wildman–Crippen LogP) is 1.26. The van der Waals surface area contributed by atoms with Crippen LogP contribution in [0.3, 0.4) is 0 Å². The summed E-state index contributed by atoms with van der Waals surface area (Å²) in [4.78, 5) is 9.88. The van der Waals surface area contributed by atoms with Crippen LogP contribution in [0.15, 0.2) is 23.1 Å². The fourth-order valence-corrected chi connectivity index (χ4v) is 3.43. The average Bonchev–Trinajstić information content (AvgIpc) is 3.20. The number of halogens is 1. The first-order chi connectivity index (χ1) is 9.35. The highest BCUT2D eigenvalue weighted by Gasteiger charge is 2.33. The molecule has 0 heterocycles. The van der Waals surface area contributed by atoms with Crippen molar-refractivity contribution >= 4 is 27.3 Å². The van der Waals surface area contributed by atoms with Gasteiger partial charge in [0.05, 0.1) is 9.82 Å². The fourth-order valence-electron chi connectivity index (χ4n) is 1.90. The van der Waals surface area contributed by atoms with Gasteiger partial charge in [-0.3, -0.25) is 10.1 Å². The van der Waals surface area contributed by atoms with Crippen LogP contribution in [-0.4, -0.2) is 25.9 Å². The molecular weight excluding hydrogens is 306 g/mol. The van der Waals surface area contributed by atoms with Crippen molar-refractivity contribution in [3.63, 3.8) is 0 Å². The quantitative estimate of drug-likeness (QED) is 0.605. The van der Waals surface area contributed by atoms with Gasteiger partial charge < -0.3 is 5.73 Å². The van der Waals surface area contributed by atoms with Crippen LogP contribution >= 0.6 is 11.6 Å². The second-order valence-corrected chi connectivity index (χ2v) is 6.79. The number of nitrogens with one attached hydrogen (secondary N) is 1. The largest absolute Gasteiger partial charge is 0.329 e. The van der Waals surface area contributed by atoms with E-state index in [1.54, 1.807) is 0 Å². The summed E-state index contributed by atoms with van der Waals surface area (Å²) >= 11 is 5.66. The highest BCUT2D eigenvalue weighted by molar-refractivity contribution is 7.89. The molecule has 110 valence electrons. The third kappa shape index (κ3) is 3.26. The third-order valence-electron chi connectivity index (χ3n) is 3.18. The summed E-state index contributed by atoms with van der Waals surface area (Å²) in [5, 5.41) is 10.7. The Kier molecular flexibility index (Phi) is 4.28. The first-order valence-corrected chi connectivity index (χ1v) is 7.87. The molecule has 1 fully saturated rings. The smallest absolute Gasteiger partial charge is 0.289 e. The zero-order valence-corrected chi connectivity index (χ0v) is 12.0. The number of nitro benzene ring substituents is 1. The van der Waals surface area contributed by atoms with Crippen LogP contribution in [0.4, 0.5) is 5.69 Å². The molecule has 0 spiro atoms. The summed E-state index contributed by atoms with van der Waals surface area (Å²) in [7, 11) is -3.84. The van der Waals surface area contributed by atoms with Gasteiger partial charge in [-0.2, -0.15) is 0 Å². The van der Waals surface area contributed by atoms with Crippen LogP contribution < -0.4 is 10.5 Å². The molecule has 7 nitrogen and oxygen atoms in total. The van der Waals surface area contributed by atoms with Crippen molar-refractivity contribution in [2.45, 2.75) is 23.8 Å². The Morgan fingerprint density at radius 3 is 2.65 bits per heavy atom. The summed E-state index contributed by atoms with van der Waals surface area (Å²) in [5.41, 5.74) is 5.11. The van der Waals surface area contributed by atoms with E-state index >= 15 is 0 Å². The minimum absolute atomic E-state index is 0.105. The van der Waals surface area contributed by atoms with Crippen LogP contribution in [0.2, 0.25) is 5.02 Å². The van der Waals surface area contributed by atoms with Gasteiger partial charge in [0.1, 0.15) is 5.02 Å². The molecule has 3 N–H and O–H groups in total. The van der Waals surface area contributed by atoms with E-state index in [2.05, 4.69) is 4.72 Å². The number of hydrogen-bond donors (Lipinski definition) is 2. The highest BCUT2D eigenvalue weighted by atomic mass is 35.5. The number of nitrogens with two attached hydrogens (primary N) is 1. The molecule has 0 aromatic heterocycles. The SMILES string of the molecule is NCC(NS(=O)(=O)c1ccc(Cl)c([N+](=O)[O-])c1)C1CC1. The van der Waals surface area contributed by atoms with Crippen LogP contribution in [0.25, 0.3) is 0 Å². The summed E-state index contributed by atoms with van der Waals surface area (Å²) in [6.07, 6.45) is 1.87. The van der Waals surface area contributed by atoms with Crippen LogP contribution in [0, 0.1) is 16.0 Å². The van der Waals surface area contributed by atoms with E-state index in [0.29, 0.717) is 0 Å². The Morgan fingerprint density at radius 2 is 2.15 bits per heavy atom. The molecule has 0 radical (unpaired) electrons. The molecule has 1 aliphatic carbocycles. The molecule has 1 saturated carbocycles. The molecule has 2 rings (SSSR count). The maximum Gasteiger partial charge on any atom is 0.289 e. The molecular formula is C11H14ClN3O4S. The maximum absolute atomic E-state index is 12.2. The molecule has 1 aromatic carbocycles. The number of rotatable bonds is 6. The monoisotopic (exact) mass is 319 g/mol. The molecule has 1 unspecified atom stereocenters. The van der Waals surface area contributed by atoms with Crippen molar-refractivity contribution in [2.24, 2.45) is 11.7 Å². The zero-order valence-electron chi connectivity index (χ0n) is 10.5. The Hall–Kier alpha value is -1.22. The van der Waals surface area contributed by atoms with Gasteiger partial charge in [0, 0.05) is 18.7 Å². The van der Waals surface area contributed by atoms with Crippen molar-refractivity contribution < 1.29 is 13.3 Å². The number of nitrogens with zero attached hydrogens (tertiary/aromatic N) is 1. The number of nitro groups is 1. The summed E-state index contributed by atoms with van der Waals surface area (Å²) in [6.45, 7) is 0.194. The Labute approximate surface area is 121 Å². The van der Waals surface area contributed by atoms with E-state index in [4.69, 9.17) is 17.3 Å². The van der Waals surface area contributed by atoms with Crippen molar-refractivity contribution in [3.8, 4) is 0 Å². The second-order valence-electron chi connectivity index (χ2n) is 4.67. The molecule has 1 aromatic rings. The normalized spacial score (nSPS) is 16.9. The minimum atomic E-state index is -3.84.